The first-order valence-corrected chi connectivity index (χ1v) is 13.2. The number of nitrogens with zero attached hydrogens (tertiary/aromatic N) is 1. The molecule has 2 unspecified atom stereocenters. The third-order valence-corrected chi connectivity index (χ3v) is 9.15. The number of ether oxygens (including phenoxy) is 2. The highest BCUT2D eigenvalue weighted by Gasteiger charge is 2.47. The average molecular weight is 547 g/mol. The number of halogens is 6. The summed E-state index contributed by atoms with van der Waals surface area (Å²) in [4.78, 5) is 2.40. The van der Waals surface area contributed by atoms with Crippen LogP contribution in [0.25, 0.3) is 0 Å². The zero-order chi connectivity index (χ0) is 26.4. The van der Waals surface area contributed by atoms with Gasteiger partial charge < -0.3 is 9.47 Å². The standard InChI is InChI=1S/C20H19F6NO6S2/c1-18(35(30,31)14-5-3-4-13(9-14)33-20(24,25)26)6-7-32-15(10-18)17-16(34(2,28)29)8-12(11-27-17)19(21,22)23/h3-5,8-9,11,15H,6-7,10H2,1-2H3. The maximum absolute atomic E-state index is 13.4. The Labute approximate surface area is 196 Å². The van der Waals surface area contributed by atoms with E-state index in [4.69, 9.17) is 4.74 Å². The zero-order valence-corrected chi connectivity index (χ0v) is 19.8. The molecule has 1 aliphatic heterocycles. The Hall–Kier alpha value is -2.39. The van der Waals surface area contributed by atoms with E-state index < -0.39 is 76.3 Å². The molecule has 3 rings (SSSR count). The lowest BCUT2D eigenvalue weighted by Gasteiger charge is -2.37. The first-order valence-electron chi connectivity index (χ1n) is 9.83. The molecule has 1 aliphatic rings. The highest BCUT2D eigenvalue weighted by Crippen LogP contribution is 2.44. The SMILES string of the molecule is CC1(S(=O)(=O)c2cccc(OC(F)(F)F)c2)CCOC(c2ncc(C(F)(F)F)cc2S(C)(=O)=O)C1. The molecular weight excluding hydrogens is 528 g/mol. The summed E-state index contributed by atoms with van der Waals surface area (Å²) in [6.45, 7) is 1.06. The molecular formula is C20H19F6NO6S2. The second-order valence-electron chi connectivity index (χ2n) is 8.17. The van der Waals surface area contributed by atoms with E-state index in [0.717, 1.165) is 18.2 Å². The molecule has 15 heteroatoms. The van der Waals surface area contributed by atoms with Crippen molar-refractivity contribution in [3.63, 3.8) is 0 Å². The van der Waals surface area contributed by atoms with E-state index in [2.05, 4.69) is 9.72 Å². The molecule has 0 aliphatic carbocycles. The summed E-state index contributed by atoms with van der Waals surface area (Å²) in [6, 6.07) is 4.17. The van der Waals surface area contributed by atoms with Crippen LogP contribution in [0.2, 0.25) is 0 Å². The Morgan fingerprint density at radius 3 is 2.31 bits per heavy atom. The highest BCUT2D eigenvalue weighted by atomic mass is 32.2. The minimum Gasteiger partial charge on any atom is -0.406 e. The third-order valence-electron chi connectivity index (χ3n) is 5.48. The van der Waals surface area contributed by atoms with Gasteiger partial charge in [-0.05, 0) is 44.0 Å². The van der Waals surface area contributed by atoms with Gasteiger partial charge in [0.15, 0.2) is 19.7 Å². The highest BCUT2D eigenvalue weighted by molar-refractivity contribution is 7.92. The Balaban J connectivity index is 2.02. The van der Waals surface area contributed by atoms with Gasteiger partial charge in [-0.3, -0.25) is 4.98 Å². The van der Waals surface area contributed by atoms with Crippen molar-refractivity contribution in [1.82, 2.24) is 4.98 Å². The summed E-state index contributed by atoms with van der Waals surface area (Å²) in [6.07, 6.45) is -10.7. The van der Waals surface area contributed by atoms with Crippen LogP contribution in [0.5, 0.6) is 5.75 Å². The van der Waals surface area contributed by atoms with Gasteiger partial charge in [0.25, 0.3) is 0 Å². The van der Waals surface area contributed by atoms with Crippen LogP contribution in [0.15, 0.2) is 46.3 Å². The Bertz CT molecular complexity index is 1320. The number of alkyl halides is 6. The van der Waals surface area contributed by atoms with Gasteiger partial charge >= 0.3 is 12.5 Å². The number of hydrogen-bond donors (Lipinski definition) is 0. The topological polar surface area (TPSA) is 99.6 Å². The average Bonchev–Trinajstić information content (AvgIpc) is 2.71. The summed E-state index contributed by atoms with van der Waals surface area (Å²) in [5.74, 6) is -0.755. The van der Waals surface area contributed by atoms with E-state index in [1.165, 1.54) is 6.92 Å². The lowest BCUT2D eigenvalue weighted by Crippen LogP contribution is -2.42. The molecule has 0 spiro atoms. The Kier molecular flexibility index (Phi) is 6.94. The number of hydrogen-bond acceptors (Lipinski definition) is 7. The van der Waals surface area contributed by atoms with Crippen LogP contribution in [0, 0.1) is 0 Å². The lowest BCUT2D eigenvalue weighted by molar-refractivity contribution is -0.274. The molecule has 2 aromatic rings. The van der Waals surface area contributed by atoms with Gasteiger partial charge in [0.1, 0.15) is 11.9 Å². The van der Waals surface area contributed by atoms with Crippen molar-refractivity contribution < 1.29 is 52.7 Å². The number of rotatable bonds is 5. The van der Waals surface area contributed by atoms with E-state index in [0.29, 0.717) is 24.6 Å². The van der Waals surface area contributed by atoms with Crippen molar-refractivity contribution in [2.24, 2.45) is 0 Å². The molecule has 1 fully saturated rings. The summed E-state index contributed by atoms with van der Waals surface area (Å²) in [7, 11) is -8.57. The maximum Gasteiger partial charge on any atom is 0.573 e. The molecule has 1 saturated heterocycles. The normalized spacial score (nSPS) is 22.1. The van der Waals surface area contributed by atoms with Crippen LogP contribution < -0.4 is 4.74 Å². The Morgan fingerprint density at radius 2 is 1.74 bits per heavy atom. The lowest BCUT2D eigenvalue weighted by atomic mass is 9.94. The van der Waals surface area contributed by atoms with E-state index in [1.54, 1.807) is 0 Å². The predicted octanol–water partition coefficient (Wildman–Crippen LogP) is 4.49. The van der Waals surface area contributed by atoms with Gasteiger partial charge in [0.2, 0.25) is 0 Å². The molecule has 2 heterocycles. The number of sulfone groups is 2. The molecule has 1 aromatic heterocycles. The van der Waals surface area contributed by atoms with Crippen LogP contribution in [0.4, 0.5) is 26.3 Å². The van der Waals surface area contributed by atoms with E-state index >= 15 is 0 Å². The van der Waals surface area contributed by atoms with Crippen LogP contribution in [0.1, 0.15) is 37.1 Å². The fourth-order valence-corrected chi connectivity index (χ4v) is 6.39. The summed E-state index contributed by atoms with van der Waals surface area (Å²) in [5.41, 5.74) is -1.70. The first-order chi connectivity index (χ1) is 15.8. The van der Waals surface area contributed by atoms with Crippen molar-refractivity contribution in [1.29, 1.82) is 0 Å². The van der Waals surface area contributed by atoms with Gasteiger partial charge in [-0.25, -0.2) is 16.8 Å². The van der Waals surface area contributed by atoms with E-state index in [-0.39, 0.29) is 13.0 Å². The molecule has 0 amide bonds. The summed E-state index contributed by atoms with van der Waals surface area (Å²) < 4.78 is 136. The molecule has 0 saturated carbocycles. The molecule has 1 aromatic carbocycles. The molecule has 35 heavy (non-hydrogen) atoms. The van der Waals surface area contributed by atoms with Crippen molar-refractivity contribution in [2.75, 3.05) is 12.9 Å². The quantitative estimate of drug-likeness (QED) is 0.509. The van der Waals surface area contributed by atoms with Crippen molar-refractivity contribution >= 4 is 19.7 Å². The molecule has 7 nitrogen and oxygen atoms in total. The van der Waals surface area contributed by atoms with Crippen molar-refractivity contribution in [3.05, 3.63) is 47.8 Å². The molecule has 0 radical (unpaired) electrons. The summed E-state index contributed by atoms with van der Waals surface area (Å²) >= 11 is 0. The maximum atomic E-state index is 13.4. The molecule has 0 N–H and O–H groups in total. The fourth-order valence-electron chi connectivity index (χ4n) is 3.66. The number of benzene rings is 1. The van der Waals surface area contributed by atoms with E-state index in [1.807, 2.05) is 0 Å². The second-order valence-corrected chi connectivity index (χ2v) is 12.6. The first kappa shape index (κ1) is 27.2. The van der Waals surface area contributed by atoms with Gasteiger partial charge in [0, 0.05) is 19.1 Å². The zero-order valence-electron chi connectivity index (χ0n) is 18.1. The van der Waals surface area contributed by atoms with Gasteiger partial charge in [-0.2, -0.15) is 13.2 Å². The molecule has 194 valence electrons. The molecule has 2 atom stereocenters. The van der Waals surface area contributed by atoms with Crippen LogP contribution in [-0.4, -0.2) is 45.8 Å². The minimum atomic E-state index is -5.05. The van der Waals surface area contributed by atoms with Crippen molar-refractivity contribution in [2.45, 2.75) is 52.9 Å². The number of pyridine rings is 1. The van der Waals surface area contributed by atoms with Crippen LogP contribution in [-0.2, 0) is 30.6 Å². The summed E-state index contributed by atoms with van der Waals surface area (Å²) in [5, 5.41) is 0. The van der Waals surface area contributed by atoms with Crippen LogP contribution in [0.3, 0.4) is 0 Å². The fraction of sp³-hybridized carbons (Fsp3) is 0.450. The van der Waals surface area contributed by atoms with Gasteiger partial charge in [-0.15, -0.1) is 13.2 Å². The smallest absolute Gasteiger partial charge is 0.406 e. The minimum absolute atomic E-state index is 0.120. The monoisotopic (exact) mass is 547 g/mol. The van der Waals surface area contributed by atoms with Crippen molar-refractivity contribution in [3.8, 4) is 5.75 Å². The number of aromatic nitrogens is 1. The second kappa shape index (κ2) is 8.92. The third kappa shape index (κ3) is 5.89. The van der Waals surface area contributed by atoms with Gasteiger partial charge in [-0.1, -0.05) is 6.07 Å². The predicted molar refractivity (Wildman–Crippen MR) is 109 cm³/mol. The Morgan fingerprint density at radius 1 is 1.09 bits per heavy atom. The van der Waals surface area contributed by atoms with Gasteiger partial charge in [0.05, 0.1) is 25.8 Å². The van der Waals surface area contributed by atoms with E-state index in [9.17, 15) is 43.2 Å². The van der Waals surface area contributed by atoms with Crippen LogP contribution >= 0.6 is 0 Å². The molecule has 0 bridgehead atoms. The largest absolute Gasteiger partial charge is 0.573 e.